The van der Waals surface area contributed by atoms with Gasteiger partial charge in [-0.15, -0.1) is 0 Å². The number of alkyl halides is 3. The Morgan fingerprint density at radius 1 is 1.38 bits per heavy atom. The van der Waals surface area contributed by atoms with Crippen LogP contribution in [0.15, 0.2) is 12.1 Å². The fourth-order valence-corrected chi connectivity index (χ4v) is 1.36. The Kier molecular flexibility index (Phi) is 3.42. The molecule has 2 N–H and O–H groups in total. The molecule has 0 aliphatic rings. The predicted octanol–water partition coefficient (Wildman–Crippen LogP) is 2.53. The number of carbonyl (C=O) groups is 1. The summed E-state index contributed by atoms with van der Waals surface area (Å²) in [6, 6.07) is 0.980. The third-order valence-electron chi connectivity index (χ3n) is 1.80. The Balaban J connectivity index is 3.27. The van der Waals surface area contributed by atoms with Crippen LogP contribution in [0.1, 0.15) is 11.1 Å². The minimum absolute atomic E-state index is 0.460. The van der Waals surface area contributed by atoms with Crippen LogP contribution < -0.4 is 5.73 Å². The molecule has 88 valence electrons. The third-order valence-corrected chi connectivity index (χ3v) is 2.07. The first kappa shape index (κ1) is 12.8. The lowest BCUT2D eigenvalue weighted by Gasteiger charge is -2.10. The fraction of sp³-hybridized carbons (Fsp3) is 0.222. The molecule has 0 aromatic heterocycles. The molecule has 2 nitrogen and oxygen atoms in total. The molecule has 1 rings (SSSR count). The molecule has 0 saturated heterocycles. The van der Waals surface area contributed by atoms with Gasteiger partial charge in [0.15, 0.2) is 0 Å². The molecule has 0 saturated carbocycles. The monoisotopic (exact) mass is 255 g/mol. The van der Waals surface area contributed by atoms with E-state index in [1.165, 1.54) is 0 Å². The van der Waals surface area contributed by atoms with Crippen molar-refractivity contribution in [2.45, 2.75) is 12.6 Å². The second-order valence-electron chi connectivity index (χ2n) is 3.07. The summed E-state index contributed by atoms with van der Waals surface area (Å²) in [5.74, 6) is -2.00. The molecule has 0 unspecified atom stereocenters. The van der Waals surface area contributed by atoms with Gasteiger partial charge in [-0.2, -0.15) is 13.2 Å². The van der Waals surface area contributed by atoms with Crippen LogP contribution in [-0.2, 0) is 17.4 Å². The smallest absolute Gasteiger partial charge is 0.369 e. The average Bonchev–Trinajstić information content (AvgIpc) is 2.10. The van der Waals surface area contributed by atoms with Gasteiger partial charge in [0.05, 0.1) is 17.0 Å². The summed E-state index contributed by atoms with van der Waals surface area (Å²) in [6.45, 7) is 0. The second kappa shape index (κ2) is 4.29. The summed E-state index contributed by atoms with van der Waals surface area (Å²) in [5, 5.41) is -0.689. The Hall–Kier alpha value is -1.30. The Morgan fingerprint density at radius 3 is 2.38 bits per heavy atom. The summed E-state index contributed by atoms with van der Waals surface area (Å²) < 4.78 is 50.2. The van der Waals surface area contributed by atoms with Crippen LogP contribution in [0.4, 0.5) is 17.6 Å². The van der Waals surface area contributed by atoms with Gasteiger partial charge in [-0.1, -0.05) is 11.6 Å². The molecule has 0 bridgehead atoms. The Morgan fingerprint density at radius 2 is 1.94 bits per heavy atom. The molecule has 0 atom stereocenters. The van der Waals surface area contributed by atoms with Crippen molar-refractivity contribution in [1.29, 1.82) is 0 Å². The van der Waals surface area contributed by atoms with E-state index in [9.17, 15) is 22.4 Å². The van der Waals surface area contributed by atoms with E-state index in [-0.39, 0.29) is 0 Å². The highest BCUT2D eigenvalue weighted by Crippen LogP contribution is 2.33. The molecule has 1 aromatic rings. The van der Waals surface area contributed by atoms with Gasteiger partial charge in [0.25, 0.3) is 0 Å². The van der Waals surface area contributed by atoms with Crippen LogP contribution in [0.25, 0.3) is 0 Å². The first-order valence-corrected chi connectivity index (χ1v) is 4.43. The van der Waals surface area contributed by atoms with Crippen molar-refractivity contribution < 1.29 is 22.4 Å². The molecule has 0 spiro atoms. The number of rotatable bonds is 2. The van der Waals surface area contributed by atoms with Crippen molar-refractivity contribution in [3.8, 4) is 0 Å². The quantitative estimate of drug-likeness (QED) is 0.811. The number of carbonyl (C=O) groups excluding carboxylic acids is 1. The minimum Gasteiger partial charge on any atom is -0.369 e. The van der Waals surface area contributed by atoms with Crippen LogP contribution in [0.2, 0.25) is 5.02 Å². The number of amides is 1. The van der Waals surface area contributed by atoms with Gasteiger partial charge in [0.2, 0.25) is 5.91 Å². The highest BCUT2D eigenvalue weighted by Gasteiger charge is 2.32. The van der Waals surface area contributed by atoms with Crippen LogP contribution >= 0.6 is 11.6 Å². The van der Waals surface area contributed by atoms with Gasteiger partial charge in [-0.3, -0.25) is 4.79 Å². The van der Waals surface area contributed by atoms with E-state index in [1.807, 2.05) is 0 Å². The molecule has 0 heterocycles. The number of benzene rings is 1. The Labute approximate surface area is 93.0 Å². The molecule has 0 fully saturated rings. The lowest BCUT2D eigenvalue weighted by Crippen LogP contribution is -2.16. The van der Waals surface area contributed by atoms with E-state index < -0.39 is 40.5 Å². The second-order valence-corrected chi connectivity index (χ2v) is 3.48. The summed E-state index contributed by atoms with van der Waals surface area (Å²) in [4.78, 5) is 10.5. The van der Waals surface area contributed by atoms with Gasteiger partial charge in [-0.25, -0.2) is 4.39 Å². The van der Waals surface area contributed by atoms with E-state index in [0.29, 0.717) is 12.1 Å². The SMILES string of the molecule is NC(=O)Cc1cc(C(F)(F)F)cc(Cl)c1F. The zero-order chi connectivity index (χ0) is 12.5. The fourth-order valence-electron chi connectivity index (χ4n) is 1.13. The van der Waals surface area contributed by atoms with Crippen LogP contribution in [-0.4, -0.2) is 5.91 Å². The van der Waals surface area contributed by atoms with Gasteiger partial charge >= 0.3 is 6.18 Å². The molecule has 0 aliphatic heterocycles. The molecule has 1 aromatic carbocycles. The highest BCUT2D eigenvalue weighted by molar-refractivity contribution is 6.30. The van der Waals surface area contributed by atoms with Gasteiger partial charge < -0.3 is 5.73 Å². The summed E-state index contributed by atoms with van der Waals surface area (Å²) in [5.41, 5.74) is 3.19. The van der Waals surface area contributed by atoms with Crippen molar-refractivity contribution >= 4 is 17.5 Å². The van der Waals surface area contributed by atoms with Gasteiger partial charge in [0, 0.05) is 0 Å². The van der Waals surface area contributed by atoms with E-state index in [2.05, 4.69) is 0 Å². The van der Waals surface area contributed by atoms with E-state index in [0.717, 1.165) is 0 Å². The maximum atomic E-state index is 13.2. The first-order valence-electron chi connectivity index (χ1n) is 4.05. The molecular formula is C9H6ClF4NO. The minimum atomic E-state index is -4.65. The van der Waals surface area contributed by atoms with Crippen LogP contribution in [0.3, 0.4) is 0 Å². The van der Waals surface area contributed by atoms with Crippen molar-refractivity contribution in [3.63, 3.8) is 0 Å². The predicted molar refractivity (Wildman–Crippen MR) is 49.3 cm³/mol. The van der Waals surface area contributed by atoms with Crippen LogP contribution in [0.5, 0.6) is 0 Å². The molecule has 16 heavy (non-hydrogen) atoms. The largest absolute Gasteiger partial charge is 0.416 e. The number of nitrogens with two attached hydrogens (primary N) is 1. The summed E-state index contributed by atoms with van der Waals surface area (Å²) >= 11 is 5.28. The number of hydrogen-bond acceptors (Lipinski definition) is 1. The lowest BCUT2D eigenvalue weighted by atomic mass is 10.1. The van der Waals surface area contributed by atoms with Crippen molar-refractivity contribution in [3.05, 3.63) is 34.1 Å². The maximum absolute atomic E-state index is 13.2. The topological polar surface area (TPSA) is 43.1 Å². The number of hydrogen-bond donors (Lipinski definition) is 1. The van der Waals surface area contributed by atoms with E-state index in [4.69, 9.17) is 17.3 Å². The number of halogens is 5. The van der Waals surface area contributed by atoms with Crippen molar-refractivity contribution in [2.24, 2.45) is 5.73 Å². The first-order chi connectivity index (χ1) is 7.21. The summed E-state index contributed by atoms with van der Waals surface area (Å²) in [6.07, 6.45) is -5.28. The maximum Gasteiger partial charge on any atom is 0.416 e. The molecule has 0 radical (unpaired) electrons. The average molecular weight is 256 g/mol. The van der Waals surface area contributed by atoms with Crippen molar-refractivity contribution in [2.75, 3.05) is 0 Å². The molecule has 0 aliphatic carbocycles. The molecule has 1 amide bonds. The standard InChI is InChI=1S/C9H6ClF4NO/c10-6-3-5(9(12,13)14)1-4(8(6)11)2-7(15)16/h1,3H,2H2,(H2,15,16). The van der Waals surface area contributed by atoms with Gasteiger partial charge in [0.1, 0.15) is 5.82 Å². The normalized spacial score (nSPS) is 11.6. The Bertz CT molecular complexity index is 430. The van der Waals surface area contributed by atoms with Crippen LogP contribution in [0, 0.1) is 5.82 Å². The van der Waals surface area contributed by atoms with Crippen molar-refractivity contribution in [1.82, 2.24) is 0 Å². The summed E-state index contributed by atoms with van der Waals surface area (Å²) in [7, 11) is 0. The molecular weight excluding hydrogens is 250 g/mol. The highest BCUT2D eigenvalue weighted by atomic mass is 35.5. The third kappa shape index (κ3) is 2.85. The van der Waals surface area contributed by atoms with E-state index >= 15 is 0 Å². The zero-order valence-corrected chi connectivity index (χ0v) is 8.49. The van der Waals surface area contributed by atoms with Gasteiger partial charge in [-0.05, 0) is 17.7 Å². The zero-order valence-electron chi connectivity index (χ0n) is 7.74. The van der Waals surface area contributed by atoms with E-state index in [1.54, 1.807) is 0 Å². The lowest BCUT2D eigenvalue weighted by molar-refractivity contribution is -0.137. The molecule has 7 heteroatoms. The number of primary amides is 1.